The summed E-state index contributed by atoms with van der Waals surface area (Å²) in [5.74, 6) is 0.178. The van der Waals surface area contributed by atoms with Gasteiger partial charge < -0.3 is 4.57 Å². The molecule has 2 heterocycles. The van der Waals surface area contributed by atoms with Crippen LogP contribution in [0.5, 0.6) is 0 Å². The SMILES string of the molecule is CCS(=O)(=O)N1CCn2c(C)ccc2C1C. The summed E-state index contributed by atoms with van der Waals surface area (Å²) in [5.41, 5.74) is 2.30. The van der Waals surface area contributed by atoms with Crippen LogP contribution in [0, 0.1) is 6.92 Å². The third kappa shape index (κ3) is 1.68. The first-order valence-corrected chi connectivity index (χ1v) is 7.24. The smallest absolute Gasteiger partial charge is 0.214 e. The zero-order chi connectivity index (χ0) is 11.9. The number of fused-ring (bicyclic) bond motifs is 1. The van der Waals surface area contributed by atoms with Gasteiger partial charge in [0.25, 0.3) is 0 Å². The maximum Gasteiger partial charge on any atom is 0.214 e. The van der Waals surface area contributed by atoms with E-state index in [9.17, 15) is 8.42 Å². The summed E-state index contributed by atoms with van der Waals surface area (Å²) < 4.78 is 27.6. The van der Waals surface area contributed by atoms with E-state index in [4.69, 9.17) is 0 Å². The number of hydrogen-bond acceptors (Lipinski definition) is 2. The van der Waals surface area contributed by atoms with Crippen LogP contribution in [0.2, 0.25) is 0 Å². The summed E-state index contributed by atoms with van der Waals surface area (Å²) >= 11 is 0. The summed E-state index contributed by atoms with van der Waals surface area (Å²) in [7, 11) is -3.08. The Morgan fingerprint density at radius 3 is 2.69 bits per heavy atom. The number of nitrogens with zero attached hydrogens (tertiary/aromatic N) is 2. The van der Waals surface area contributed by atoms with Crippen molar-refractivity contribution in [1.82, 2.24) is 8.87 Å². The molecule has 2 rings (SSSR count). The molecule has 5 heteroatoms. The Morgan fingerprint density at radius 2 is 2.06 bits per heavy atom. The minimum Gasteiger partial charge on any atom is -0.346 e. The summed E-state index contributed by atoms with van der Waals surface area (Å²) in [6.07, 6.45) is 0. The van der Waals surface area contributed by atoms with Gasteiger partial charge in [0.2, 0.25) is 10.0 Å². The molecule has 0 amide bonds. The predicted molar refractivity (Wildman–Crippen MR) is 63.8 cm³/mol. The van der Waals surface area contributed by atoms with Crippen molar-refractivity contribution in [3.05, 3.63) is 23.5 Å². The molecule has 0 aliphatic carbocycles. The Balaban J connectivity index is 2.39. The van der Waals surface area contributed by atoms with E-state index in [0.29, 0.717) is 6.54 Å². The van der Waals surface area contributed by atoms with Crippen LogP contribution in [-0.4, -0.2) is 29.6 Å². The topological polar surface area (TPSA) is 42.3 Å². The summed E-state index contributed by atoms with van der Waals surface area (Å²) in [6.45, 7) is 7.05. The van der Waals surface area contributed by atoms with Crippen LogP contribution in [0.4, 0.5) is 0 Å². The zero-order valence-corrected chi connectivity index (χ0v) is 10.8. The molecule has 0 fully saturated rings. The number of aromatic nitrogens is 1. The van der Waals surface area contributed by atoms with E-state index < -0.39 is 10.0 Å². The van der Waals surface area contributed by atoms with E-state index in [1.807, 2.05) is 19.1 Å². The standard InChI is InChI=1S/C11H18N2O2S/c1-4-16(14,15)13-8-7-12-9(2)5-6-11(12)10(13)3/h5-6,10H,4,7-8H2,1-3H3. The van der Waals surface area contributed by atoms with E-state index in [2.05, 4.69) is 11.5 Å². The number of aryl methyl sites for hydroxylation is 1. The fourth-order valence-corrected chi connectivity index (χ4v) is 3.63. The molecule has 0 saturated heterocycles. The molecule has 1 aliphatic heterocycles. The van der Waals surface area contributed by atoms with E-state index >= 15 is 0 Å². The first-order chi connectivity index (χ1) is 7.47. The number of sulfonamides is 1. The molecule has 0 spiro atoms. The van der Waals surface area contributed by atoms with Gasteiger partial charge in [-0.1, -0.05) is 0 Å². The van der Waals surface area contributed by atoms with Crippen LogP contribution in [-0.2, 0) is 16.6 Å². The van der Waals surface area contributed by atoms with Crippen molar-refractivity contribution in [2.24, 2.45) is 0 Å². The molecule has 1 unspecified atom stereocenters. The van der Waals surface area contributed by atoms with Crippen LogP contribution < -0.4 is 0 Å². The van der Waals surface area contributed by atoms with Gasteiger partial charge in [-0.2, -0.15) is 4.31 Å². The van der Waals surface area contributed by atoms with E-state index in [1.54, 1.807) is 11.2 Å². The molecule has 0 N–H and O–H groups in total. The van der Waals surface area contributed by atoms with Crippen molar-refractivity contribution in [3.8, 4) is 0 Å². The average Bonchev–Trinajstić information content (AvgIpc) is 2.62. The highest BCUT2D eigenvalue weighted by molar-refractivity contribution is 7.89. The Labute approximate surface area is 96.9 Å². The third-order valence-corrected chi connectivity index (χ3v) is 5.30. The van der Waals surface area contributed by atoms with Gasteiger partial charge >= 0.3 is 0 Å². The maximum atomic E-state index is 11.9. The van der Waals surface area contributed by atoms with Crippen molar-refractivity contribution in [3.63, 3.8) is 0 Å². The van der Waals surface area contributed by atoms with Crippen molar-refractivity contribution >= 4 is 10.0 Å². The summed E-state index contributed by atoms with van der Waals surface area (Å²) in [5, 5.41) is 0. The second kappa shape index (κ2) is 3.89. The van der Waals surface area contributed by atoms with Gasteiger partial charge in [-0.3, -0.25) is 0 Å². The zero-order valence-electron chi connectivity index (χ0n) is 9.97. The maximum absolute atomic E-state index is 11.9. The fourth-order valence-electron chi connectivity index (χ4n) is 2.35. The Hall–Kier alpha value is -0.810. The first kappa shape index (κ1) is 11.7. The van der Waals surface area contributed by atoms with Crippen molar-refractivity contribution in [2.45, 2.75) is 33.4 Å². The Bertz CT molecular complexity index is 490. The highest BCUT2D eigenvalue weighted by atomic mass is 32.2. The van der Waals surface area contributed by atoms with Gasteiger partial charge in [0.1, 0.15) is 0 Å². The lowest BCUT2D eigenvalue weighted by atomic mass is 10.2. The molecular weight excluding hydrogens is 224 g/mol. The molecule has 1 aliphatic rings. The van der Waals surface area contributed by atoms with Crippen molar-refractivity contribution in [1.29, 1.82) is 0 Å². The highest BCUT2D eigenvalue weighted by Gasteiger charge is 2.31. The molecule has 0 saturated carbocycles. The molecule has 4 nitrogen and oxygen atoms in total. The molecule has 0 radical (unpaired) electrons. The quantitative estimate of drug-likeness (QED) is 0.789. The second-order valence-corrected chi connectivity index (χ2v) is 6.45. The Morgan fingerprint density at radius 1 is 1.38 bits per heavy atom. The fraction of sp³-hybridized carbons (Fsp3) is 0.636. The number of hydrogen-bond donors (Lipinski definition) is 0. The molecule has 16 heavy (non-hydrogen) atoms. The number of rotatable bonds is 2. The van der Waals surface area contributed by atoms with Crippen LogP contribution >= 0.6 is 0 Å². The van der Waals surface area contributed by atoms with E-state index in [0.717, 1.165) is 12.2 Å². The van der Waals surface area contributed by atoms with Gasteiger partial charge in [-0.15, -0.1) is 0 Å². The summed E-state index contributed by atoms with van der Waals surface area (Å²) in [6, 6.07) is 4.03. The van der Waals surface area contributed by atoms with Crippen molar-refractivity contribution < 1.29 is 8.42 Å². The first-order valence-electron chi connectivity index (χ1n) is 5.63. The van der Waals surface area contributed by atoms with Crippen LogP contribution in [0.25, 0.3) is 0 Å². The van der Waals surface area contributed by atoms with Crippen LogP contribution in [0.3, 0.4) is 0 Å². The monoisotopic (exact) mass is 242 g/mol. The van der Waals surface area contributed by atoms with Crippen LogP contribution in [0.15, 0.2) is 12.1 Å². The van der Waals surface area contributed by atoms with Gasteiger partial charge in [0.05, 0.1) is 11.8 Å². The highest BCUT2D eigenvalue weighted by Crippen LogP contribution is 2.29. The van der Waals surface area contributed by atoms with E-state index in [1.165, 1.54) is 5.69 Å². The minimum absolute atomic E-state index is 0.0487. The molecule has 90 valence electrons. The lowest BCUT2D eigenvalue weighted by molar-refractivity contribution is 0.281. The lowest BCUT2D eigenvalue weighted by Gasteiger charge is -2.34. The molecule has 1 aromatic heterocycles. The normalized spacial score (nSPS) is 22.1. The predicted octanol–water partition coefficient (Wildman–Crippen LogP) is 1.52. The van der Waals surface area contributed by atoms with Crippen LogP contribution in [0.1, 0.15) is 31.3 Å². The molecule has 1 atom stereocenters. The second-order valence-electron chi connectivity index (χ2n) is 4.24. The molecule has 0 bridgehead atoms. The van der Waals surface area contributed by atoms with Gasteiger partial charge in [0, 0.05) is 24.5 Å². The molecular formula is C11H18N2O2S. The van der Waals surface area contributed by atoms with Crippen molar-refractivity contribution in [2.75, 3.05) is 12.3 Å². The van der Waals surface area contributed by atoms with Gasteiger partial charge in [-0.05, 0) is 32.9 Å². The lowest BCUT2D eigenvalue weighted by Crippen LogP contribution is -2.41. The Kier molecular flexibility index (Phi) is 2.84. The third-order valence-electron chi connectivity index (χ3n) is 3.36. The average molecular weight is 242 g/mol. The minimum atomic E-state index is -3.08. The van der Waals surface area contributed by atoms with Gasteiger partial charge in [-0.25, -0.2) is 8.42 Å². The van der Waals surface area contributed by atoms with Gasteiger partial charge in [0.15, 0.2) is 0 Å². The summed E-state index contributed by atoms with van der Waals surface area (Å²) in [4.78, 5) is 0. The largest absolute Gasteiger partial charge is 0.346 e. The van der Waals surface area contributed by atoms with E-state index in [-0.39, 0.29) is 11.8 Å². The molecule has 0 aromatic carbocycles. The molecule has 1 aromatic rings.